The van der Waals surface area contributed by atoms with Crippen molar-refractivity contribution < 1.29 is 9.13 Å². The Morgan fingerprint density at radius 3 is 2.88 bits per heavy atom. The maximum absolute atomic E-state index is 13.2. The molecule has 2 rings (SSSR count). The van der Waals surface area contributed by atoms with Gasteiger partial charge in [-0.05, 0) is 25.1 Å². The predicted molar refractivity (Wildman–Crippen MR) is 62.4 cm³/mol. The Hall–Kier alpha value is -1.84. The molecule has 0 saturated carbocycles. The summed E-state index contributed by atoms with van der Waals surface area (Å²) in [4.78, 5) is 4.37. The van der Waals surface area contributed by atoms with E-state index >= 15 is 0 Å². The van der Waals surface area contributed by atoms with E-state index in [0.717, 1.165) is 17.7 Å². The number of pyridine rings is 1. The van der Waals surface area contributed by atoms with Gasteiger partial charge >= 0.3 is 0 Å². The second-order valence-corrected chi connectivity index (χ2v) is 3.41. The summed E-state index contributed by atoms with van der Waals surface area (Å²) in [6.45, 7) is 2.79. The fourth-order valence-electron chi connectivity index (χ4n) is 1.60. The van der Waals surface area contributed by atoms with Crippen LogP contribution in [-0.2, 0) is 0 Å². The summed E-state index contributed by atoms with van der Waals surface area (Å²) in [7, 11) is 1.51. The third-order valence-electron chi connectivity index (χ3n) is 2.30. The topological polar surface area (TPSA) is 34.1 Å². The van der Waals surface area contributed by atoms with E-state index in [9.17, 15) is 4.39 Å². The van der Waals surface area contributed by atoms with E-state index in [1.54, 1.807) is 0 Å². The van der Waals surface area contributed by atoms with Crippen LogP contribution < -0.4 is 10.1 Å². The number of halogens is 1. The standard InChI is InChI=1S/C12H13FN2O/c1-3-14-11-5-4-8-6-9(13)7-10(16-2)12(8)15-11/h4-7H,3H2,1-2H3,(H,14,15). The Bertz CT molecular complexity index is 514. The van der Waals surface area contributed by atoms with Gasteiger partial charge in [0.05, 0.1) is 7.11 Å². The lowest BCUT2D eigenvalue weighted by atomic mass is 10.2. The average Bonchev–Trinajstić information content (AvgIpc) is 2.29. The maximum Gasteiger partial charge on any atom is 0.148 e. The Morgan fingerprint density at radius 2 is 2.19 bits per heavy atom. The van der Waals surface area contributed by atoms with Gasteiger partial charge in [-0.3, -0.25) is 0 Å². The number of benzene rings is 1. The molecule has 0 unspecified atom stereocenters. The first-order chi connectivity index (χ1) is 7.74. The molecular formula is C12H13FN2O. The van der Waals surface area contributed by atoms with Crippen LogP contribution in [0.3, 0.4) is 0 Å². The largest absolute Gasteiger partial charge is 0.494 e. The third-order valence-corrected chi connectivity index (χ3v) is 2.30. The van der Waals surface area contributed by atoms with Gasteiger partial charge in [0.15, 0.2) is 0 Å². The fourth-order valence-corrected chi connectivity index (χ4v) is 1.60. The molecule has 0 atom stereocenters. The molecule has 0 saturated heterocycles. The zero-order valence-electron chi connectivity index (χ0n) is 9.25. The molecule has 0 aliphatic rings. The van der Waals surface area contributed by atoms with Crippen LogP contribution in [0.5, 0.6) is 5.75 Å². The summed E-state index contributed by atoms with van der Waals surface area (Å²) in [5.74, 6) is 0.900. The van der Waals surface area contributed by atoms with Crippen molar-refractivity contribution >= 4 is 16.7 Å². The molecule has 16 heavy (non-hydrogen) atoms. The molecule has 0 amide bonds. The number of hydrogen-bond donors (Lipinski definition) is 1. The normalized spacial score (nSPS) is 10.4. The highest BCUT2D eigenvalue weighted by atomic mass is 19.1. The van der Waals surface area contributed by atoms with Crippen molar-refractivity contribution in [3.05, 3.63) is 30.1 Å². The van der Waals surface area contributed by atoms with Crippen molar-refractivity contribution in [2.45, 2.75) is 6.92 Å². The van der Waals surface area contributed by atoms with E-state index in [0.29, 0.717) is 11.3 Å². The van der Waals surface area contributed by atoms with Crippen LogP contribution in [0.2, 0.25) is 0 Å². The molecule has 0 fully saturated rings. The van der Waals surface area contributed by atoms with Gasteiger partial charge in [-0.2, -0.15) is 0 Å². The van der Waals surface area contributed by atoms with Crippen LogP contribution in [0.4, 0.5) is 10.2 Å². The second-order valence-electron chi connectivity index (χ2n) is 3.41. The molecule has 1 aromatic carbocycles. The minimum atomic E-state index is -0.317. The number of aromatic nitrogens is 1. The van der Waals surface area contributed by atoms with Gasteiger partial charge < -0.3 is 10.1 Å². The van der Waals surface area contributed by atoms with Crippen LogP contribution in [0.25, 0.3) is 10.9 Å². The van der Waals surface area contributed by atoms with Crippen LogP contribution in [0.15, 0.2) is 24.3 Å². The SMILES string of the molecule is CCNc1ccc2cc(F)cc(OC)c2n1. The first-order valence-corrected chi connectivity index (χ1v) is 5.12. The quantitative estimate of drug-likeness (QED) is 0.863. The van der Waals surface area contributed by atoms with Crippen molar-refractivity contribution in [1.82, 2.24) is 4.98 Å². The molecule has 3 nitrogen and oxygen atoms in total. The molecule has 1 N–H and O–H groups in total. The van der Waals surface area contributed by atoms with Gasteiger partial charge in [-0.25, -0.2) is 9.37 Å². The first-order valence-electron chi connectivity index (χ1n) is 5.12. The highest BCUT2D eigenvalue weighted by Gasteiger charge is 2.06. The summed E-state index contributed by atoms with van der Waals surface area (Å²) in [5.41, 5.74) is 0.669. The van der Waals surface area contributed by atoms with Crippen molar-refractivity contribution in [2.75, 3.05) is 19.0 Å². The van der Waals surface area contributed by atoms with E-state index in [1.807, 2.05) is 19.1 Å². The van der Waals surface area contributed by atoms with Gasteiger partial charge in [-0.15, -0.1) is 0 Å². The summed E-state index contributed by atoms with van der Waals surface area (Å²) in [6, 6.07) is 6.43. The lowest BCUT2D eigenvalue weighted by Gasteiger charge is -2.07. The molecule has 0 radical (unpaired) electrons. The molecule has 84 valence electrons. The smallest absolute Gasteiger partial charge is 0.148 e. The summed E-state index contributed by atoms with van der Waals surface area (Å²) in [6.07, 6.45) is 0. The maximum atomic E-state index is 13.2. The Kier molecular flexibility index (Phi) is 2.90. The molecular weight excluding hydrogens is 207 g/mol. The van der Waals surface area contributed by atoms with Gasteiger partial charge in [-0.1, -0.05) is 0 Å². The average molecular weight is 220 g/mol. The molecule has 0 bridgehead atoms. The fraction of sp³-hybridized carbons (Fsp3) is 0.250. The first kappa shape index (κ1) is 10.7. The lowest BCUT2D eigenvalue weighted by molar-refractivity contribution is 0.415. The van der Waals surface area contributed by atoms with E-state index in [4.69, 9.17) is 4.74 Å². The van der Waals surface area contributed by atoms with Gasteiger partial charge in [0.1, 0.15) is 22.9 Å². The zero-order valence-corrected chi connectivity index (χ0v) is 9.25. The highest BCUT2D eigenvalue weighted by Crippen LogP contribution is 2.26. The number of anilines is 1. The third kappa shape index (κ3) is 1.91. The van der Waals surface area contributed by atoms with E-state index in [-0.39, 0.29) is 5.82 Å². The van der Waals surface area contributed by atoms with Gasteiger partial charge in [0.2, 0.25) is 0 Å². The Labute approximate surface area is 93.3 Å². The zero-order chi connectivity index (χ0) is 11.5. The second kappa shape index (κ2) is 4.35. The number of rotatable bonds is 3. The van der Waals surface area contributed by atoms with Crippen LogP contribution in [-0.4, -0.2) is 18.6 Å². The monoisotopic (exact) mass is 220 g/mol. The number of ether oxygens (including phenoxy) is 1. The highest BCUT2D eigenvalue weighted by molar-refractivity contribution is 5.86. The molecule has 4 heteroatoms. The van der Waals surface area contributed by atoms with Gasteiger partial charge in [0.25, 0.3) is 0 Å². The molecule has 1 aromatic heterocycles. The number of fused-ring (bicyclic) bond motifs is 1. The summed E-state index contributed by atoms with van der Waals surface area (Å²) >= 11 is 0. The van der Waals surface area contributed by atoms with E-state index < -0.39 is 0 Å². The number of nitrogens with one attached hydrogen (secondary N) is 1. The van der Waals surface area contributed by atoms with E-state index in [1.165, 1.54) is 19.2 Å². The lowest BCUT2D eigenvalue weighted by Crippen LogP contribution is -1.99. The molecule has 2 aromatic rings. The van der Waals surface area contributed by atoms with Crippen LogP contribution >= 0.6 is 0 Å². The Balaban J connectivity index is 2.61. The Morgan fingerprint density at radius 1 is 1.38 bits per heavy atom. The van der Waals surface area contributed by atoms with Crippen LogP contribution in [0, 0.1) is 5.82 Å². The molecule has 0 aliphatic carbocycles. The van der Waals surface area contributed by atoms with Crippen molar-refractivity contribution in [2.24, 2.45) is 0 Å². The number of methoxy groups -OCH3 is 1. The molecule has 0 aliphatic heterocycles. The molecule has 1 heterocycles. The predicted octanol–water partition coefficient (Wildman–Crippen LogP) is 2.81. The molecule has 0 spiro atoms. The number of hydrogen-bond acceptors (Lipinski definition) is 3. The summed E-state index contributed by atoms with van der Waals surface area (Å²) < 4.78 is 18.3. The summed E-state index contributed by atoms with van der Waals surface area (Å²) in [5, 5.41) is 3.84. The van der Waals surface area contributed by atoms with E-state index in [2.05, 4.69) is 10.3 Å². The minimum absolute atomic E-state index is 0.317. The minimum Gasteiger partial charge on any atom is -0.494 e. The van der Waals surface area contributed by atoms with Crippen LogP contribution in [0.1, 0.15) is 6.92 Å². The number of nitrogens with zero attached hydrogens (tertiary/aromatic N) is 1. The van der Waals surface area contributed by atoms with Crippen molar-refractivity contribution in [1.29, 1.82) is 0 Å². The van der Waals surface area contributed by atoms with Crippen molar-refractivity contribution in [3.63, 3.8) is 0 Å². The van der Waals surface area contributed by atoms with Gasteiger partial charge in [0, 0.05) is 18.0 Å². The van der Waals surface area contributed by atoms with Crippen molar-refractivity contribution in [3.8, 4) is 5.75 Å².